The Bertz CT molecular complexity index is 1250. The van der Waals surface area contributed by atoms with Crippen molar-refractivity contribution in [1.82, 2.24) is 14.8 Å². The number of hydrogen-bond donors (Lipinski definition) is 0. The summed E-state index contributed by atoms with van der Waals surface area (Å²) in [4.78, 5) is 27.3. The van der Waals surface area contributed by atoms with Gasteiger partial charge in [0.25, 0.3) is 5.56 Å². The van der Waals surface area contributed by atoms with Crippen LogP contribution in [0.15, 0.2) is 53.3 Å². The molecule has 136 valence electrons. The Balaban J connectivity index is 1.93. The average molecular weight is 392 g/mol. The van der Waals surface area contributed by atoms with Gasteiger partial charge in [0.05, 0.1) is 12.1 Å². The smallest absolute Gasteiger partial charge is 0.283 e. The van der Waals surface area contributed by atoms with Crippen LogP contribution >= 0.6 is 11.6 Å². The van der Waals surface area contributed by atoms with Crippen molar-refractivity contribution in [3.8, 4) is 11.3 Å². The summed E-state index contributed by atoms with van der Waals surface area (Å²) in [5.74, 6) is -0.845. The van der Waals surface area contributed by atoms with Gasteiger partial charge in [-0.2, -0.15) is 9.49 Å². The summed E-state index contributed by atoms with van der Waals surface area (Å²) in [6.07, 6.45) is 0.461. The molecule has 0 aliphatic heterocycles. The summed E-state index contributed by atoms with van der Waals surface area (Å²) < 4.78 is 15.8. The molecule has 2 aromatic carbocycles. The van der Waals surface area contributed by atoms with Crippen molar-refractivity contribution >= 4 is 28.7 Å². The molecule has 0 saturated heterocycles. The summed E-state index contributed by atoms with van der Waals surface area (Å²) in [7, 11) is 0. The first-order chi connectivity index (χ1) is 13.6. The first-order valence-corrected chi connectivity index (χ1v) is 8.64. The number of hydrogen-bond acceptors (Lipinski definition) is 4. The lowest BCUT2D eigenvalue weighted by molar-refractivity contribution is 0.111. The summed E-state index contributed by atoms with van der Waals surface area (Å²) in [5, 5.41) is 5.61. The highest BCUT2D eigenvalue weighted by Crippen LogP contribution is 2.25. The zero-order valence-corrected chi connectivity index (χ0v) is 15.1. The van der Waals surface area contributed by atoms with Crippen LogP contribution in [0.3, 0.4) is 0 Å². The average Bonchev–Trinajstić information content (AvgIpc) is 2.72. The molecule has 0 spiro atoms. The zero-order chi connectivity index (χ0) is 19.7. The molecular weight excluding hydrogens is 381 g/mol. The maximum Gasteiger partial charge on any atom is 0.283 e. The standard InChI is InChI=1S/C21H11ClFN3O2/c22-14-7-5-13(6-8-14)11-26-21(28)17-4-2-1-3-16(17)19(25-26)18-10-9-15(12-27)24-20(18)23/h1,3,5-10,12H,11H2. The normalized spacial score (nSPS) is 10.6. The maximum absolute atomic E-state index is 14.5. The molecule has 2 heterocycles. The minimum atomic E-state index is -0.845. The van der Waals surface area contributed by atoms with E-state index in [-0.39, 0.29) is 34.4 Å². The highest BCUT2D eigenvalue weighted by molar-refractivity contribution is 6.30. The fraction of sp³-hybridized carbons (Fsp3) is 0.0476. The molecule has 28 heavy (non-hydrogen) atoms. The SMILES string of the molecule is O=Cc1ccc(-c2nn(Cc3ccc(Cl)cc3)c(=O)c3c#cccc23)c(F)n1. The van der Waals surface area contributed by atoms with Crippen molar-refractivity contribution < 1.29 is 9.18 Å². The van der Waals surface area contributed by atoms with E-state index in [1.54, 1.807) is 36.4 Å². The number of benzene rings is 1. The predicted octanol–water partition coefficient (Wildman–Crippen LogP) is 3.71. The highest BCUT2D eigenvalue weighted by atomic mass is 35.5. The van der Waals surface area contributed by atoms with Crippen molar-refractivity contribution in [2.75, 3.05) is 0 Å². The van der Waals surface area contributed by atoms with Crippen LogP contribution in [0.25, 0.3) is 22.0 Å². The second kappa shape index (κ2) is 7.22. The molecule has 2 aromatic heterocycles. The number of fused-ring (bicyclic) bond motifs is 1. The van der Waals surface area contributed by atoms with Gasteiger partial charge in [-0.25, -0.2) is 9.67 Å². The quantitative estimate of drug-likeness (QED) is 0.393. The van der Waals surface area contributed by atoms with E-state index in [9.17, 15) is 14.0 Å². The van der Waals surface area contributed by atoms with E-state index in [4.69, 9.17) is 11.6 Å². The second-order valence-electron chi connectivity index (χ2n) is 6.02. The van der Waals surface area contributed by atoms with Crippen molar-refractivity contribution in [2.45, 2.75) is 6.54 Å². The first kappa shape index (κ1) is 17.8. The number of aldehydes is 1. The largest absolute Gasteiger partial charge is 0.296 e. The number of nitrogens with zero attached hydrogens (tertiary/aromatic N) is 3. The predicted molar refractivity (Wildman–Crippen MR) is 103 cm³/mol. The summed E-state index contributed by atoms with van der Waals surface area (Å²) in [5.41, 5.74) is 0.721. The van der Waals surface area contributed by atoms with Crippen LogP contribution in [0, 0.1) is 18.1 Å². The van der Waals surface area contributed by atoms with E-state index in [0.29, 0.717) is 16.7 Å². The van der Waals surface area contributed by atoms with Gasteiger partial charge in [0, 0.05) is 10.4 Å². The lowest BCUT2D eigenvalue weighted by atomic mass is 10.1. The minimum Gasteiger partial charge on any atom is -0.296 e. The molecule has 5 nitrogen and oxygen atoms in total. The van der Waals surface area contributed by atoms with Crippen molar-refractivity contribution in [3.05, 3.63) is 93.2 Å². The molecule has 0 radical (unpaired) electrons. The van der Waals surface area contributed by atoms with Crippen LogP contribution in [-0.2, 0) is 6.54 Å². The number of carbonyl (C=O) groups excluding carboxylic acids is 1. The lowest BCUT2D eigenvalue weighted by Gasteiger charge is -2.11. The Hall–Kier alpha value is -3.56. The minimum absolute atomic E-state index is 0.0278. The Morgan fingerprint density at radius 2 is 1.93 bits per heavy atom. The number of halogens is 2. The number of pyridine rings is 1. The summed E-state index contributed by atoms with van der Waals surface area (Å²) >= 11 is 5.90. The van der Waals surface area contributed by atoms with E-state index in [1.165, 1.54) is 16.8 Å². The van der Waals surface area contributed by atoms with Gasteiger partial charge in [0.2, 0.25) is 5.95 Å². The Kier molecular flexibility index (Phi) is 4.60. The van der Waals surface area contributed by atoms with Gasteiger partial charge < -0.3 is 0 Å². The van der Waals surface area contributed by atoms with Crippen molar-refractivity contribution in [3.63, 3.8) is 0 Å². The summed E-state index contributed by atoms with van der Waals surface area (Å²) in [6, 6.07) is 18.5. The maximum atomic E-state index is 14.5. The van der Waals surface area contributed by atoms with Gasteiger partial charge in [-0.3, -0.25) is 9.59 Å². The van der Waals surface area contributed by atoms with Gasteiger partial charge in [-0.05, 0) is 42.0 Å². The van der Waals surface area contributed by atoms with E-state index >= 15 is 0 Å². The molecule has 4 rings (SSSR count). The molecule has 0 N–H and O–H groups in total. The van der Waals surface area contributed by atoms with E-state index in [1.807, 2.05) is 0 Å². The van der Waals surface area contributed by atoms with Gasteiger partial charge >= 0.3 is 0 Å². The van der Waals surface area contributed by atoms with Gasteiger partial charge in [-0.1, -0.05) is 35.9 Å². The van der Waals surface area contributed by atoms with Crippen molar-refractivity contribution in [2.24, 2.45) is 0 Å². The first-order valence-electron chi connectivity index (χ1n) is 8.26. The molecule has 0 aliphatic rings. The van der Waals surface area contributed by atoms with Crippen LogP contribution in [0.4, 0.5) is 4.39 Å². The van der Waals surface area contributed by atoms with E-state index in [2.05, 4.69) is 22.2 Å². The fourth-order valence-electron chi connectivity index (χ4n) is 2.86. The van der Waals surface area contributed by atoms with Gasteiger partial charge in [0.15, 0.2) is 6.29 Å². The van der Waals surface area contributed by atoms with Crippen LogP contribution in [-0.4, -0.2) is 21.1 Å². The second-order valence-corrected chi connectivity index (χ2v) is 6.46. The van der Waals surface area contributed by atoms with Crippen molar-refractivity contribution in [1.29, 1.82) is 0 Å². The molecule has 0 saturated carbocycles. The van der Waals surface area contributed by atoms with Gasteiger partial charge in [-0.15, -0.1) is 0 Å². The molecular formula is C21H11ClFN3O2. The van der Waals surface area contributed by atoms with Gasteiger partial charge in [0.1, 0.15) is 16.8 Å². The number of rotatable bonds is 4. The molecule has 0 amide bonds. The van der Waals surface area contributed by atoms with Crippen LogP contribution in [0.2, 0.25) is 5.02 Å². The lowest BCUT2D eigenvalue weighted by Crippen LogP contribution is -2.24. The Labute approximate surface area is 164 Å². The molecule has 0 fully saturated rings. The molecule has 0 atom stereocenters. The molecule has 0 unspecified atom stereocenters. The third-order valence-corrected chi connectivity index (χ3v) is 4.47. The topological polar surface area (TPSA) is 64.8 Å². The fourth-order valence-corrected chi connectivity index (χ4v) is 2.99. The molecule has 7 heteroatoms. The summed E-state index contributed by atoms with van der Waals surface area (Å²) in [6.45, 7) is 0.170. The molecule has 4 aromatic rings. The van der Waals surface area contributed by atoms with E-state index in [0.717, 1.165) is 5.56 Å². The Morgan fingerprint density at radius 1 is 1.14 bits per heavy atom. The van der Waals surface area contributed by atoms with Crippen LogP contribution in [0.1, 0.15) is 16.1 Å². The van der Waals surface area contributed by atoms with Crippen LogP contribution in [0.5, 0.6) is 0 Å². The third-order valence-electron chi connectivity index (χ3n) is 4.22. The van der Waals surface area contributed by atoms with Crippen LogP contribution < -0.4 is 5.56 Å². The molecule has 0 aliphatic carbocycles. The zero-order valence-electron chi connectivity index (χ0n) is 14.3. The number of carbonyl (C=O) groups is 1. The monoisotopic (exact) mass is 391 g/mol. The molecule has 0 bridgehead atoms. The third kappa shape index (κ3) is 3.24. The Morgan fingerprint density at radius 3 is 2.64 bits per heavy atom. The highest BCUT2D eigenvalue weighted by Gasteiger charge is 2.16. The van der Waals surface area contributed by atoms with E-state index < -0.39 is 5.95 Å². The number of aromatic nitrogens is 3.